The third-order valence-corrected chi connectivity index (χ3v) is 1.30. The summed E-state index contributed by atoms with van der Waals surface area (Å²) in [7, 11) is 1.47. The van der Waals surface area contributed by atoms with Crippen molar-refractivity contribution in [1.82, 2.24) is 4.90 Å². The maximum atomic E-state index is 8.36. The summed E-state index contributed by atoms with van der Waals surface area (Å²) < 4.78 is 4.92. The number of nitriles is 1. The summed E-state index contributed by atoms with van der Waals surface area (Å²) in [5.41, 5.74) is 0. The highest BCUT2D eigenvalue weighted by Crippen LogP contribution is 1.94. The molecule has 0 aliphatic heterocycles. The quantitative estimate of drug-likeness (QED) is 0.281. The number of rotatable bonds is 4. The first kappa shape index (κ1) is 11.2. The first-order chi connectivity index (χ1) is 6.29. The normalized spacial score (nSPS) is 10.0. The van der Waals surface area contributed by atoms with Crippen molar-refractivity contribution in [3.63, 3.8) is 0 Å². The average Bonchev–Trinajstić information content (AvgIpc) is 2.14. The molecule has 0 saturated carbocycles. The van der Waals surface area contributed by atoms with Gasteiger partial charge in [-0.15, -0.1) is 18.2 Å². The van der Waals surface area contributed by atoms with Crippen LogP contribution in [0.15, 0.2) is 30.3 Å². The van der Waals surface area contributed by atoms with Crippen molar-refractivity contribution in [3.8, 4) is 6.19 Å². The molecule has 0 amide bonds. The van der Waals surface area contributed by atoms with Gasteiger partial charge in [-0.05, 0) is 0 Å². The van der Waals surface area contributed by atoms with Crippen molar-refractivity contribution >= 4 is 6.02 Å². The topological polar surface area (TPSA) is 48.6 Å². The van der Waals surface area contributed by atoms with E-state index in [2.05, 4.69) is 18.2 Å². The van der Waals surface area contributed by atoms with E-state index in [1.165, 1.54) is 7.11 Å². The summed E-state index contributed by atoms with van der Waals surface area (Å²) in [4.78, 5) is 5.25. The van der Waals surface area contributed by atoms with Gasteiger partial charge in [0, 0.05) is 13.1 Å². The number of hydrogen-bond donors (Lipinski definition) is 0. The van der Waals surface area contributed by atoms with Gasteiger partial charge >= 0.3 is 6.02 Å². The first-order valence-corrected chi connectivity index (χ1v) is 3.77. The molecule has 0 heterocycles. The van der Waals surface area contributed by atoms with E-state index in [0.717, 1.165) is 0 Å². The van der Waals surface area contributed by atoms with Crippen molar-refractivity contribution in [1.29, 1.82) is 5.26 Å². The third kappa shape index (κ3) is 3.97. The fourth-order valence-corrected chi connectivity index (χ4v) is 0.831. The predicted octanol–water partition coefficient (Wildman–Crippen LogP) is 1.14. The van der Waals surface area contributed by atoms with Gasteiger partial charge in [0.2, 0.25) is 6.19 Å². The third-order valence-electron chi connectivity index (χ3n) is 1.30. The highest BCUT2D eigenvalue weighted by molar-refractivity contribution is 5.74. The van der Waals surface area contributed by atoms with E-state index in [4.69, 9.17) is 10.00 Å². The highest BCUT2D eigenvalue weighted by Gasteiger charge is 2.07. The van der Waals surface area contributed by atoms with Crippen LogP contribution in [0, 0.1) is 11.5 Å². The number of hydrogen-bond acceptors (Lipinski definition) is 3. The molecule has 0 fully saturated rings. The Balaban J connectivity index is 4.48. The molecule has 0 aliphatic rings. The number of aliphatic imine (C=N–C) groups is 1. The Kier molecular flexibility index (Phi) is 5.98. The molecule has 0 bridgehead atoms. The monoisotopic (exact) mass is 179 g/mol. The second-order valence-electron chi connectivity index (χ2n) is 2.18. The van der Waals surface area contributed by atoms with E-state index >= 15 is 0 Å². The smallest absolute Gasteiger partial charge is 0.303 e. The van der Waals surface area contributed by atoms with Gasteiger partial charge < -0.3 is 9.64 Å². The Morgan fingerprint density at radius 3 is 2.38 bits per heavy atom. The van der Waals surface area contributed by atoms with Crippen LogP contribution < -0.4 is 0 Å². The molecule has 0 spiro atoms. The van der Waals surface area contributed by atoms with E-state index in [9.17, 15) is 0 Å². The lowest BCUT2D eigenvalue weighted by Crippen LogP contribution is -2.32. The molecule has 0 aromatic heterocycles. The van der Waals surface area contributed by atoms with Crippen LogP contribution >= 0.6 is 0 Å². The summed E-state index contributed by atoms with van der Waals surface area (Å²) in [6.07, 6.45) is 5.08. The molecule has 0 atom stereocenters. The van der Waals surface area contributed by atoms with Gasteiger partial charge in [0.1, 0.15) is 0 Å². The Morgan fingerprint density at radius 2 is 2.08 bits per heavy atom. The van der Waals surface area contributed by atoms with E-state index < -0.39 is 0 Å². The Hall–Kier alpha value is -1.76. The zero-order valence-electron chi connectivity index (χ0n) is 7.73. The fraction of sp³-hybridized carbons (Fsp3) is 0.333. The van der Waals surface area contributed by atoms with Gasteiger partial charge in [-0.25, -0.2) is 0 Å². The molecule has 0 saturated heterocycles. The SMILES string of the molecule is C=CCN(CC=C)C(=NC#N)OC. The zero-order chi connectivity index (χ0) is 10.1. The van der Waals surface area contributed by atoms with Crippen molar-refractivity contribution in [2.75, 3.05) is 20.2 Å². The minimum absolute atomic E-state index is 0.280. The molecular formula is C9H13N3O. The lowest BCUT2D eigenvalue weighted by molar-refractivity contribution is 0.309. The van der Waals surface area contributed by atoms with Gasteiger partial charge in [0.25, 0.3) is 0 Å². The molecule has 0 aliphatic carbocycles. The van der Waals surface area contributed by atoms with Crippen molar-refractivity contribution in [2.45, 2.75) is 0 Å². The van der Waals surface area contributed by atoms with Crippen molar-refractivity contribution < 1.29 is 4.74 Å². The second-order valence-corrected chi connectivity index (χ2v) is 2.18. The molecule has 0 rings (SSSR count). The molecule has 0 N–H and O–H groups in total. The fourth-order valence-electron chi connectivity index (χ4n) is 0.831. The van der Waals surface area contributed by atoms with Crippen LogP contribution in [0.5, 0.6) is 0 Å². The average molecular weight is 179 g/mol. The zero-order valence-corrected chi connectivity index (χ0v) is 7.73. The van der Waals surface area contributed by atoms with E-state index in [-0.39, 0.29) is 6.02 Å². The lowest BCUT2D eigenvalue weighted by atomic mass is 10.5. The van der Waals surface area contributed by atoms with Gasteiger partial charge in [-0.2, -0.15) is 5.26 Å². The van der Waals surface area contributed by atoms with Gasteiger partial charge in [0.05, 0.1) is 7.11 Å². The van der Waals surface area contributed by atoms with Gasteiger partial charge in [0.15, 0.2) is 0 Å². The number of amidine groups is 1. The number of nitrogens with zero attached hydrogens (tertiary/aromatic N) is 3. The summed E-state index contributed by atoms with van der Waals surface area (Å²) in [5, 5.41) is 8.36. The van der Waals surface area contributed by atoms with Crippen LogP contribution in [0.25, 0.3) is 0 Å². The standard InChI is InChI=1S/C9H13N3O/c1-4-6-12(7-5-2)9(13-3)11-8-10/h4-5H,1-2,6-7H2,3H3. The van der Waals surface area contributed by atoms with Crippen molar-refractivity contribution in [2.24, 2.45) is 4.99 Å². The van der Waals surface area contributed by atoms with Crippen LogP contribution in [0.1, 0.15) is 0 Å². The maximum absolute atomic E-state index is 8.36. The first-order valence-electron chi connectivity index (χ1n) is 3.77. The largest absolute Gasteiger partial charge is 0.468 e. The van der Waals surface area contributed by atoms with E-state index in [1.807, 2.05) is 0 Å². The number of ether oxygens (including phenoxy) is 1. The lowest BCUT2D eigenvalue weighted by Gasteiger charge is -2.20. The van der Waals surface area contributed by atoms with E-state index in [0.29, 0.717) is 13.1 Å². The molecule has 4 heteroatoms. The van der Waals surface area contributed by atoms with Crippen LogP contribution in [-0.2, 0) is 4.74 Å². The Bertz CT molecular complexity index is 230. The molecular weight excluding hydrogens is 166 g/mol. The van der Waals surface area contributed by atoms with Gasteiger partial charge in [-0.1, -0.05) is 12.2 Å². The molecule has 0 unspecified atom stereocenters. The van der Waals surface area contributed by atoms with Crippen LogP contribution in [0.2, 0.25) is 0 Å². The van der Waals surface area contributed by atoms with Crippen LogP contribution in [0.3, 0.4) is 0 Å². The summed E-state index contributed by atoms with van der Waals surface area (Å²) in [6.45, 7) is 8.32. The molecule has 70 valence electrons. The second kappa shape index (κ2) is 6.92. The summed E-state index contributed by atoms with van der Waals surface area (Å²) >= 11 is 0. The summed E-state index contributed by atoms with van der Waals surface area (Å²) in [5.74, 6) is 0. The molecule has 0 aromatic rings. The minimum atomic E-state index is 0.280. The van der Waals surface area contributed by atoms with Crippen LogP contribution in [-0.4, -0.2) is 31.1 Å². The Labute approximate surface area is 78.4 Å². The number of methoxy groups -OCH3 is 1. The Morgan fingerprint density at radius 1 is 1.54 bits per heavy atom. The van der Waals surface area contributed by atoms with E-state index in [1.54, 1.807) is 23.2 Å². The molecule has 0 aromatic carbocycles. The predicted molar refractivity (Wildman–Crippen MR) is 52.0 cm³/mol. The van der Waals surface area contributed by atoms with Crippen molar-refractivity contribution in [3.05, 3.63) is 25.3 Å². The maximum Gasteiger partial charge on any atom is 0.303 e. The van der Waals surface area contributed by atoms with Gasteiger partial charge in [-0.3, -0.25) is 0 Å². The molecule has 13 heavy (non-hydrogen) atoms. The highest BCUT2D eigenvalue weighted by atomic mass is 16.5. The summed E-state index contributed by atoms with van der Waals surface area (Å²) in [6, 6.07) is 0.280. The van der Waals surface area contributed by atoms with Crippen LogP contribution in [0.4, 0.5) is 0 Å². The molecule has 0 radical (unpaired) electrons. The minimum Gasteiger partial charge on any atom is -0.468 e. The molecule has 4 nitrogen and oxygen atoms in total.